The second-order valence-corrected chi connectivity index (χ2v) is 14.5. The molecule has 12 heteroatoms. The number of hydrogen-bond donors (Lipinski definition) is 2. The van der Waals surface area contributed by atoms with Crippen LogP contribution < -0.4 is 5.32 Å². The normalized spacial score (nSPS) is 11.8. The summed E-state index contributed by atoms with van der Waals surface area (Å²) in [7, 11) is 3.68. The average molecular weight is 923 g/mol. The Balaban J connectivity index is 0.000000202. The van der Waals surface area contributed by atoms with Crippen LogP contribution in [0.4, 0.5) is 9.59 Å². The molecule has 2 heterocycles. The van der Waals surface area contributed by atoms with Crippen molar-refractivity contribution in [2.45, 2.75) is 39.1 Å². The van der Waals surface area contributed by atoms with Gasteiger partial charge in [0.25, 0.3) is 0 Å². The molecule has 0 aliphatic heterocycles. The maximum atomic E-state index is 12.4. The summed E-state index contributed by atoms with van der Waals surface area (Å²) in [4.78, 5) is 38.3. The fourth-order valence-corrected chi connectivity index (χ4v) is 5.84. The second-order valence-electron chi connectivity index (χ2n) is 12.0. The summed E-state index contributed by atoms with van der Waals surface area (Å²) in [6.45, 7) is 4.31. The number of amides is 2. The molecule has 0 fully saturated rings. The lowest BCUT2D eigenvalue weighted by Crippen LogP contribution is -2.31. The summed E-state index contributed by atoms with van der Waals surface area (Å²) < 4.78 is 15.0. The Morgan fingerprint density at radius 1 is 0.808 bits per heavy atom. The lowest BCUT2D eigenvalue weighted by atomic mass is 10.2. The molecule has 2 aromatic heterocycles. The van der Waals surface area contributed by atoms with Crippen molar-refractivity contribution < 1.29 is 19.1 Å². The molecule has 2 atom stereocenters. The van der Waals surface area contributed by atoms with E-state index < -0.39 is 6.09 Å². The minimum atomic E-state index is -0.469. The highest BCUT2D eigenvalue weighted by atomic mass is 127. The molecule has 0 aliphatic carbocycles. The van der Waals surface area contributed by atoms with Crippen molar-refractivity contribution in [1.29, 1.82) is 0 Å². The van der Waals surface area contributed by atoms with Crippen LogP contribution in [0.3, 0.4) is 0 Å². The van der Waals surface area contributed by atoms with Gasteiger partial charge in [-0.2, -0.15) is 0 Å². The van der Waals surface area contributed by atoms with Crippen molar-refractivity contribution >= 4 is 57.4 Å². The van der Waals surface area contributed by atoms with Gasteiger partial charge in [0.15, 0.2) is 0 Å². The SMILES string of the molecule is C[C@@H](NC(=O)OCc1ccccc1)c1ncc(-c2ccc(I)cc2)[nH]1.C[C@H](c1nc(-c2ccc(I)cc2)cn1C)N(C)C(=O)OCc1ccccc1. The number of benzene rings is 4. The minimum absolute atomic E-state index is 0.212. The number of ether oxygens (including phenoxy) is 2. The molecule has 0 saturated carbocycles. The number of rotatable bonds is 10. The van der Waals surface area contributed by atoms with E-state index in [1.165, 1.54) is 7.14 Å². The highest BCUT2D eigenvalue weighted by Gasteiger charge is 2.23. The quantitative estimate of drug-likeness (QED) is 0.132. The molecule has 0 aliphatic rings. The van der Waals surface area contributed by atoms with Gasteiger partial charge in [0.1, 0.15) is 24.9 Å². The fourth-order valence-electron chi connectivity index (χ4n) is 5.12. The van der Waals surface area contributed by atoms with Crippen LogP contribution in [0.15, 0.2) is 122 Å². The van der Waals surface area contributed by atoms with Crippen LogP contribution in [0.2, 0.25) is 0 Å². The fraction of sp³-hybridized carbons (Fsp3) is 0.200. The number of nitrogens with zero attached hydrogens (tertiary/aromatic N) is 4. The number of carbonyl (C=O) groups excluding carboxylic acids is 2. The topological polar surface area (TPSA) is 114 Å². The van der Waals surface area contributed by atoms with Gasteiger partial charge >= 0.3 is 12.2 Å². The summed E-state index contributed by atoms with van der Waals surface area (Å²) in [5.41, 5.74) is 5.82. The van der Waals surface area contributed by atoms with Gasteiger partial charge in [-0.3, -0.25) is 0 Å². The predicted molar refractivity (Wildman–Crippen MR) is 219 cm³/mol. The zero-order chi connectivity index (χ0) is 37.0. The Bertz CT molecular complexity index is 2030. The molecular weight excluding hydrogens is 882 g/mol. The summed E-state index contributed by atoms with van der Waals surface area (Å²) in [5.74, 6) is 1.49. The molecule has 10 nitrogen and oxygen atoms in total. The van der Waals surface area contributed by atoms with E-state index in [2.05, 4.69) is 84.7 Å². The van der Waals surface area contributed by atoms with Crippen molar-refractivity contribution in [2.75, 3.05) is 7.05 Å². The Hall–Kier alpha value is -4.70. The van der Waals surface area contributed by atoms with Gasteiger partial charge in [0.2, 0.25) is 0 Å². The number of halogens is 2. The molecule has 0 unspecified atom stereocenters. The summed E-state index contributed by atoms with van der Waals surface area (Å²) >= 11 is 4.55. The van der Waals surface area contributed by atoms with Crippen molar-refractivity contribution in [2.24, 2.45) is 7.05 Å². The summed E-state index contributed by atoms with van der Waals surface area (Å²) in [6, 6.07) is 35.1. The van der Waals surface area contributed by atoms with Gasteiger partial charge in [-0.15, -0.1) is 0 Å². The molecule has 52 heavy (non-hydrogen) atoms. The van der Waals surface area contributed by atoms with E-state index in [4.69, 9.17) is 14.5 Å². The molecule has 268 valence electrons. The first-order valence-electron chi connectivity index (χ1n) is 16.6. The molecule has 6 rings (SSSR count). The van der Waals surface area contributed by atoms with Gasteiger partial charge in [-0.05, 0) is 100.0 Å². The zero-order valence-electron chi connectivity index (χ0n) is 29.3. The molecule has 2 N–H and O–H groups in total. The van der Waals surface area contributed by atoms with Crippen molar-refractivity contribution in [3.05, 3.63) is 152 Å². The van der Waals surface area contributed by atoms with Crippen LogP contribution in [-0.2, 0) is 29.7 Å². The molecule has 0 bridgehead atoms. The smallest absolute Gasteiger partial charge is 0.410 e. The Morgan fingerprint density at radius 2 is 1.35 bits per heavy atom. The lowest BCUT2D eigenvalue weighted by Gasteiger charge is -2.23. The third-order valence-electron chi connectivity index (χ3n) is 8.21. The molecule has 2 amide bonds. The molecule has 0 spiro atoms. The third kappa shape index (κ3) is 10.9. The second kappa shape index (κ2) is 18.7. The number of aromatic nitrogens is 4. The Labute approximate surface area is 331 Å². The maximum absolute atomic E-state index is 12.4. The number of aryl methyl sites for hydroxylation is 1. The maximum Gasteiger partial charge on any atom is 0.410 e. The largest absolute Gasteiger partial charge is 0.445 e. The van der Waals surface area contributed by atoms with Crippen LogP contribution in [0.5, 0.6) is 0 Å². The van der Waals surface area contributed by atoms with Gasteiger partial charge in [-0.1, -0.05) is 84.9 Å². The molecule has 4 aromatic carbocycles. The average Bonchev–Trinajstić information content (AvgIpc) is 3.82. The Kier molecular flexibility index (Phi) is 13.8. The molecule has 0 radical (unpaired) electrons. The number of imidazole rings is 2. The number of aromatic amines is 1. The summed E-state index contributed by atoms with van der Waals surface area (Å²) in [5, 5.41) is 2.78. The van der Waals surface area contributed by atoms with Crippen LogP contribution in [0.1, 0.15) is 48.7 Å². The van der Waals surface area contributed by atoms with Crippen LogP contribution >= 0.6 is 45.2 Å². The van der Waals surface area contributed by atoms with Gasteiger partial charge in [0.05, 0.1) is 29.7 Å². The predicted octanol–water partition coefficient (Wildman–Crippen LogP) is 9.69. The van der Waals surface area contributed by atoms with Crippen LogP contribution in [0.25, 0.3) is 22.5 Å². The third-order valence-corrected chi connectivity index (χ3v) is 9.65. The first-order chi connectivity index (χ1) is 25.1. The Morgan fingerprint density at radius 3 is 1.92 bits per heavy atom. The number of nitrogens with one attached hydrogen (secondary N) is 2. The van der Waals surface area contributed by atoms with Gasteiger partial charge < -0.3 is 29.2 Å². The van der Waals surface area contributed by atoms with Crippen LogP contribution in [-0.4, -0.2) is 43.7 Å². The number of H-pyrrole nitrogens is 1. The van der Waals surface area contributed by atoms with Crippen molar-refractivity contribution in [3.8, 4) is 22.5 Å². The lowest BCUT2D eigenvalue weighted by molar-refractivity contribution is 0.0918. The standard InChI is InChI=1S/C21H22IN3O2.C19H18IN3O2/c1-15(25(3)21(26)27-14-16-7-5-4-6-8-16)20-23-19(13-24(20)2)17-9-11-18(22)12-10-17;1-13(22-19(24)25-12-14-5-3-2-4-6-14)18-21-11-17(23-18)15-7-9-16(20)10-8-15/h4-13,15H,14H2,1-3H3;2-11,13H,12H2,1H3,(H,21,23)(H,22,24)/t15-;13-/m11/s1. The minimum Gasteiger partial charge on any atom is -0.445 e. The van der Waals surface area contributed by atoms with Crippen molar-refractivity contribution in [3.63, 3.8) is 0 Å². The van der Waals surface area contributed by atoms with Crippen molar-refractivity contribution in [1.82, 2.24) is 29.7 Å². The number of alkyl carbamates (subject to hydrolysis) is 1. The number of carbonyl (C=O) groups is 2. The van der Waals surface area contributed by atoms with E-state index >= 15 is 0 Å². The molecule has 6 aromatic rings. The van der Waals surface area contributed by atoms with Crippen LogP contribution in [0, 0.1) is 7.14 Å². The van der Waals surface area contributed by atoms with E-state index in [9.17, 15) is 9.59 Å². The summed E-state index contributed by atoms with van der Waals surface area (Å²) in [6.07, 6.45) is 2.91. The number of hydrogen-bond acceptors (Lipinski definition) is 6. The van der Waals surface area contributed by atoms with E-state index in [1.807, 2.05) is 117 Å². The van der Waals surface area contributed by atoms with Gasteiger partial charge in [-0.25, -0.2) is 19.6 Å². The van der Waals surface area contributed by atoms with E-state index in [-0.39, 0.29) is 31.4 Å². The monoisotopic (exact) mass is 922 g/mol. The first kappa shape index (κ1) is 38.5. The van der Waals surface area contributed by atoms with Gasteiger partial charge in [0, 0.05) is 33.0 Å². The van der Waals surface area contributed by atoms with E-state index in [1.54, 1.807) is 18.1 Å². The highest BCUT2D eigenvalue weighted by molar-refractivity contribution is 14.1. The first-order valence-corrected chi connectivity index (χ1v) is 18.7. The van der Waals surface area contributed by atoms with E-state index in [0.717, 1.165) is 39.5 Å². The van der Waals surface area contributed by atoms with E-state index in [0.29, 0.717) is 5.82 Å². The zero-order valence-corrected chi connectivity index (χ0v) is 33.6. The molecular formula is C40H40I2N6O4. The molecule has 0 saturated heterocycles. The highest BCUT2D eigenvalue weighted by Crippen LogP contribution is 2.25.